The number of ether oxygens (including phenoxy) is 2. The van der Waals surface area contributed by atoms with Crippen LogP contribution in [0.5, 0.6) is 11.5 Å². The van der Waals surface area contributed by atoms with Gasteiger partial charge in [-0.1, -0.05) is 25.4 Å². The van der Waals surface area contributed by atoms with Gasteiger partial charge in [-0.15, -0.1) is 0 Å². The maximum Gasteiger partial charge on any atom is 0.304 e. The fourth-order valence-corrected chi connectivity index (χ4v) is 2.70. The molecule has 0 atom stereocenters. The standard InChI is InChI=1S/C16H21ClO4/c1-16(2,8-15(18)19)11-6-13(20-3)14(7-12(11)17)21-9-10-4-5-10/h6-7,10H,4-5,8-9H2,1-3H3,(H,18,19). The van der Waals surface area contributed by atoms with Gasteiger partial charge in [0.15, 0.2) is 11.5 Å². The van der Waals surface area contributed by atoms with E-state index in [1.165, 1.54) is 12.8 Å². The molecule has 1 aromatic carbocycles. The van der Waals surface area contributed by atoms with Crippen molar-refractivity contribution < 1.29 is 19.4 Å². The Kier molecular flexibility index (Phi) is 4.67. The lowest BCUT2D eigenvalue weighted by molar-refractivity contribution is -0.138. The molecular formula is C16H21ClO4. The van der Waals surface area contributed by atoms with Crippen LogP contribution < -0.4 is 9.47 Å². The van der Waals surface area contributed by atoms with Crippen LogP contribution in [0.4, 0.5) is 0 Å². The van der Waals surface area contributed by atoms with Crippen LogP contribution in [-0.2, 0) is 10.2 Å². The van der Waals surface area contributed by atoms with Gasteiger partial charge < -0.3 is 14.6 Å². The van der Waals surface area contributed by atoms with Gasteiger partial charge in [0.1, 0.15) is 0 Å². The summed E-state index contributed by atoms with van der Waals surface area (Å²) < 4.78 is 11.1. The van der Waals surface area contributed by atoms with Crippen LogP contribution in [0.3, 0.4) is 0 Å². The molecule has 0 heterocycles. The molecule has 2 rings (SSSR count). The van der Waals surface area contributed by atoms with E-state index in [4.69, 9.17) is 26.2 Å². The van der Waals surface area contributed by atoms with Crippen molar-refractivity contribution in [2.45, 2.75) is 38.5 Å². The quantitative estimate of drug-likeness (QED) is 0.830. The van der Waals surface area contributed by atoms with Crippen molar-refractivity contribution in [1.82, 2.24) is 0 Å². The second-order valence-electron chi connectivity index (χ2n) is 6.19. The average molecular weight is 313 g/mol. The Balaban J connectivity index is 2.27. The molecular weight excluding hydrogens is 292 g/mol. The molecule has 1 saturated carbocycles. The number of carboxylic acids is 1. The molecule has 0 aromatic heterocycles. The number of rotatable bonds is 7. The van der Waals surface area contributed by atoms with Gasteiger partial charge in [0.25, 0.3) is 0 Å². The Morgan fingerprint density at radius 1 is 1.38 bits per heavy atom. The zero-order valence-corrected chi connectivity index (χ0v) is 13.4. The molecule has 1 aromatic rings. The number of hydrogen-bond acceptors (Lipinski definition) is 3. The summed E-state index contributed by atoms with van der Waals surface area (Å²) in [7, 11) is 1.57. The van der Waals surface area contributed by atoms with Crippen LogP contribution in [0.2, 0.25) is 5.02 Å². The third-order valence-electron chi connectivity index (χ3n) is 3.75. The van der Waals surface area contributed by atoms with E-state index in [2.05, 4.69) is 0 Å². The van der Waals surface area contributed by atoms with Crippen LogP contribution in [0.1, 0.15) is 38.7 Å². The number of carbonyl (C=O) groups is 1. The predicted octanol–water partition coefficient (Wildman–Crippen LogP) is 3.89. The Morgan fingerprint density at radius 2 is 2.05 bits per heavy atom. The summed E-state index contributed by atoms with van der Waals surface area (Å²) in [5.41, 5.74) is 0.174. The van der Waals surface area contributed by atoms with Crippen molar-refractivity contribution in [2.24, 2.45) is 5.92 Å². The minimum atomic E-state index is -0.857. The van der Waals surface area contributed by atoms with E-state index >= 15 is 0 Å². The molecule has 116 valence electrons. The summed E-state index contributed by atoms with van der Waals surface area (Å²) in [4.78, 5) is 11.0. The van der Waals surface area contributed by atoms with Gasteiger partial charge in [0.2, 0.25) is 0 Å². The molecule has 0 aliphatic heterocycles. The normalized spacial score (nSPS) is 14.9. The van der Waals surface area contributed by atoms with Gasteiger partial charge in [0, 0.05) is 16.5 Å². The van der Waals surface area contributed by atoms with E-state index in [1.807, 2.05) is 13.8 Å². The van der Waals surface area contributed by atoms with E-state index in [0.29, 0.717) is 29.0 Å². The summed E-state index contributed by atoms with van der Waals surface area (Å²) in [6.45, 7) is 4.38. The molecule has 21 heavy (non-hydrogen) atoms. The first-order valence-electron chi connectivity index (χ1n) is 7.06. The molecule has 5 heteroatoms. The number of methoxy groups -OCH3 is 1. The number of carboxylic acid groups (broad SMARTS) is 1. The minimum Gasteiger partial charge on any atom is -0.493 e. The van der Waals surface area contributed by atoms with Crippen LogP contribution in [0, 0.1) is 5.92 Å². The van der Waals surface area contributed by atoms with Crippen molar-refractivity contribution in [2.75, 3.05) is 13.7 Å². The van der Waals surface area contributed by atoms with Gasteiger partial charge in [-0.05, 0) is 30.4 Å². The average Bonchev–Trinajstić information content (AvgIpc) is 3.18. The van der Waals surface area contributed by atoms with Crippen molar-refractivity contribution in [3.63, 3.8) is 0 Å². The van der Waals surface area contributed by atoms with Crippen molar-refractivity contribution >= 4 is 17.6 Å². The largest absolute Gasteiger partial charge is 0.493 e. The summed E-state index contributed by atoms with van der Waals surface area (Å²) in [5.74, 6) is 0.985. The molecule has 0 radical (unpaired) electrons. The number of aliphatic carboxylic acids is 1. The lowest BCUT2D eigenvalue weighted by Gasteiger charge is -2.25. The summed E-state index contributed by atoms with van der Waals surface area (Å²) in [6, 6.07) is 3.51. The predicted molar refractivity (Wildman–Crippen MR) is 81.5 cm³/mol. The molecule has 1 N–H and O–H groups in total. The Labute approximate surface area is 130 Å². The smallest absolute Gasteiger partial charge is 0.304 e. The van der Waals surface area contributed by atoms with E-state index in [0.717, 1.165) is 5.56 Å². The third-order valence-corrected chi connectivity index (χ3v) is 4.06. The zero-order chi connectivity index (χ0) is 15.6. The molecule has 0 amide bonds. The van der Waals surface area contributed by atoms with Crippen LogP contribution >= 0.6 is 11.6 Å². The highest BCUT2D eigenvalue weighted by Crippen LogP contribution is 2.41. The highest BCUT2D eigenvalue weighted by atomic mass is 35.5. The Hall–Kier alpha value is -1.42. The maximum atomic E-state index is 11.0. The molecule has 0 bridgehead atoms. The van der Waals surface area contributed by atoms with E-state index < -0.39 is 11.4 Å². The first-order valence-corrected chi connectivity index (χ1v) is 7.44. The van der Waals surface area contributed by atoms with Crippen LogP contribution in [0.25, 0.3) is 0 Å². The van der Waals surface area contributed by atoms with Crippen LogP contribution in [-0.4, -0.2) is 24.8 Å². The molecule has 0 unspecified atom stereocenters. The van der Waals surface area contributed by atoms with E-state index in [1.54, 1.807) is 19.2 Å². The maximum absolute atomic E-state index is 11.0. The number of benzene rings is 1. The van der Waals surface area contributed by atoms with E-state index in [-0.39, 0.29) is 6.42 Å². The highest BCUT2D eigenvalue weighted by molar-refractivity contribution is 6.31. The number of hydrogen-bond donors (Lipinski definition) is 1. The van der Waals surface area contributed by atoms with E-state index in [9.17, 15) is 4.79 Å². The minimum absolute atomic E-state index is 0.00183. The van der Waals surface area contributed by atoms with Crippen LogP contribution in [0.15, 0.2) is 12.1 Å². The first kappa shape index (κ1) is 16.0. The summed E-state index contributed by atoms with van der Waals surface area (Å²) >= 11 is 6.33. The lowest BCUT2D eigenvalue weighted by Crippen LogP contribution is -2.22. The van der Waals surface area contributed by atoms with Gasteiger partial charge >= 0.3 is 5.97 Å². The Morgan fingerprint density at radius 3 is 2.57 bits per heavy atom. The van der Waals surface area contributed by atoms with Crippen molar-refractivity contribution in [3.05, 3.63) is 22.7 Å². The fourth-order valence-electron chi connectivity index (χ4n) is 2.29. The second-order valence-corrected chi connectivity index (χ2v) is 6.60. The van der Waals surface area contributed by atoms with Gasteiger partial charge in [0.05, 0.1) is 20.1 Å². The fraction of sp³-hybridized carbons (Fsp3) is 0.562. The third kappa shape index (κ3) is 4.03. The second kappa shape index (κ2) is 6.14. The first-order chi connectivity index (χ1) is 9.83. The zero-order valence-electron chi connectivity index (χ0n) is 12.6. The molecule has 1 aliphatic carbocycles. The van der Waals surface area contributed by atoms with Crippen molar-refractivity contribution in [3.8, 4) is 11.5 Å². The topological polar surface area (TPSA) is 55.8 Å². The van der Waals surface area contributed by atoms with Gasteiger partial charge in [-0.3, -0.25) is 4.79 Å². The molecule has 0 saturated heterocycles. The monoisotopic (exact) mass is 312 g/mol. The Bertz CT molecular complexity index is 535. The molecule has 0 spiro atoms. The number of halogens is 1. The summed E-state index contributed by atoms with van der Waals surface area (Å²) in [5, 5.41) is 9.54. The molecule has 1 aliphatic rings. The molecule has 1 fully saturated rings. The summed E-state index contributed by atoms with van der Waals surface area (Å²) in [6.07, 6.45) is 2.41. The highest BCUT2D eigenvalue weighted by Gasteiger charge is 2.29. The molecule has 4 nitrogen and oxygen atoms in total. The SMILES string of the molecule is COc1cc(C(C)(C)CC(=O)O)c(Cl)cc1OCC1CC1. The van der Waals surface area contributed by atoms with Crippen molar-refractivity contribution in [1.29, 1.82) is 0 Å². The lowest BCUT2D eigenvalue weighted by atomic mass is 9.81. The van der Waals surface area contributed by atoms with Gasteiger partial charge in [-0.2, -0.15) is 0 Å². The van der Waals surface area contributed by atoms with Gasteiger partial charge in [-0.25, -0.2) is 0 Å².